The lowest BCUT2D eigenvalue weighted by Crippen LogP contribution is -2.45. The van der Waals surface area contributed by atoms with Crippen molar-refractivity contribution >= 4 is 11.6 Å². The van der Waals surface area contributed by atoms with Crippen LogP contribution in [0.1, 0.15) is 13.8 Å². The van der Waals surface area contributed by atoms with Gasteiger partial charge in [-0.2, -0.15) is 0 Å². The fourth-order valence-corrected chi connectivity index (χ4v) is 0.961. The molecule has 1 rings (SSSR count). The summed E-state index contributed by atoms with van der Waals surface area (Å²) in [6.45, 7) is 3.20. The van der Waals surface area contributed by atoms with Gasteiger partial charge in [0.25, 0.3) is 0 Å². The SMILES string of the molecule is CC(C)(Nc1ccccc1F)C(N)=O. The molecule has 0 aromatic heterocycles. The lowest BCUT2D eigenvalue weighted by Gasteiger charge is -2.23. The molecule has 0 bridgehead atoms. The molecule has 0 aliphatic heterocycles. The average molecular weight is 196 g/mol. The molecule has 4 heteroatoms. The van der Waals surface area contributed by atoms with E-state index < -0.39 is 17.3 Å². The van der Waals surface area contributed by atoms with Gasteiger partial charge in [0.2, 0.25) is 5.91 Å². The molecule has 3 nitrogen and oxygen atoms in total. The van der Waals surface area contributed by atoms with Crippen LogP contribution in [-0.4, -0.2) is 11.4 Å². The maximum Gasteiger partial charge on any atom is 0.242 e. The summed E-state index contributed by atoms with van der Waals surface area (Å²) in [4.78, 5) is 11.0. The molecule has 0 unspecified atom stereocenters. The van der Waals surface area contributed by atoms with Crippen molar-refractivity contribution in [2.45, 2.75) is 19.4 Å². The van der Waals surface area contributed by atoms with Crippen LogP contribution < -0.4 is 11.1 Å². The molecule has 3 N–H and O–H groups in total. The number of nitrogens with two attached hydrogens (primary N) is 1. The Morgan fingerprint density at radius 3 is 2.50 bits per heavy atom. The Kier molecular flexibility index (Phi) is 2.74. The molecule has 0 saturated carbocycles. The summed E-state index contributed by atoms with van der Waals surface area (Å²) in [6.07, 6.45) is 0. The number of para-hydroxylation sites is 1. The van der Waals surface area contributed by atoms with E-state index in [1.165, 1.54) is 6.07 Å². The third kappa shape index (κ3) is 2.22. The molecule has 0 heterocycles. The quantitative estimate of drug-likeness (QED) is 0.769. The highest BCUT2D eigenvalue weighted by molar-refractivity contribution is 5.86. The minimum Gasteiger partial charge on any atom is -0.369 e. The van der Waals surface area contributed by atoms with E-state index in [1.54, 1.807) is 32.0 Å². The van der Waals surface area contributed by atoms with Crippen LogP contribution in [0, 0.1) is 5.82 Å². The molecule has 14 heavy (non-hydrogen) atoms. The molecule has 1 amide bonds. The van der Waals surface area contributed by atoms with E-state index in [-0.39, 0.29) is 5.69 Å². The normalized spacial score (nSPS) is 11.1. The molecule has 76 valence electrons. The van der Waals surface area contributed by atoms with Crippen LogP contribution in [-0.2, 0) is 4.79 Å². The van der Waals surface area contributed by atoms with Crippen molar-refractivity contribution < 1.29 is 9.18 Å². The lowest BCUT2D eigenvalue weighted by atomic mass is 10.0. The van der Waals surface area contributed by atoms with E-state index in [1.807, 2.05) is 0 Å². The third-order valence-electron chi connectivity index (χ3n) is 1.94. The number of benzene rings is 1. The molecule has 0 radical (unpaired) electrons. The summed E-state index contributed by atoms with van der Waals surface area (Å²) in [6, 6.07) is 6.14. The number of carbonyl (C=O) groups is 1. The summed E-state index contributed by atoms with van der Waals surface area (Å²) in [7, 11) is 0. The molecule has 1 aromatic rings. The van der Waals surface area contributed by atoms with Crippen LogP contribution in [0.4, 0.5) is 10.1 Å². The minimum atomic E-state index is -0.956. The van der Waals surface area contributed by atoms with Gasteiger partial charge < -0.3 is 11.1 Å². The van der Waals surface area contributed by atoms with Gasteiger partial charge in [-0.25, -0.2) is 4.39 Å². The fourth-order valence-electron chi connectivity index (χ4n) is 0.961. The first-order chi connectivity index (χ1) is 6.43. The van der Waals surface area contributed by atoms with Crippen molar-refractivity contribution in [3.05, 3.63) is 30.1 Å². The second-order valence-electron chi connectivity index (χ2n) is 3.59. The Labute approximate surface area is 82.1 Å². The van der Waals surface area contributed by atoms with E-state index in [4.69, 9.17) is 5.73 Å². The fraction of sp³-hybridized carbons (Fsp3) is 0.300. The summed E-state index contributed by atoms with van der Waals surface area (Å²) < 4.78 is 13.2. The van der Waals surface area contributed by atoms with Crippen LogP contribution in [0.15, 0.2) is 24.3 Å². The van der Waals surface area contributed by atoms with Gasteiger partial charge in [-0.05, 0) is 26.0 Å². The number of nitrogens with one attached hydrogen (secondary N) is 1. The van der Waals surface area contributed by atoms with Crippen LogP contribution in [0.3, 0.4) is 0 Å². The van der Waals surface area contributed by atoms with Crippen molar-refractivity contribution in [1.29, 1.82) is 0 Å². The first-order valence-electron chi connectivity index (χ1n) is 4.26. The second kappa shape index (κ2) is 3.65. The zero-order valence-corrected chi connectivity index (χ0v) is 8.17. The topological polar surface area (TPSA) is 55.1 Å². The Morgan fingerprint density at radius 1 is 1.43 bits per heavy atom. The standard InChI is InChI=1S/C10H13FN2O/c1-10(2,9(12)14)13-8-6-4-3-5-7(8)11/h3-6,13H,1-2H3,(H2,12,14). The Bertz CT molecular complexity index is 350. The number of hydrogen-bond acceptors (Lipinski definition) is 2. The van der Waals surface area contributed by atoms with Crippen molar-refractivity contribution in [2.24, 2.45) is 5.73 Å². The number of amides is 1. The summed E-state index contributed by atoms with van der Waals surface area (Å²) >= 11 is 0. The molecular weight excluding hydrogens is 183 g/mol. The molecule has 0 spiro atoms. The zero-order chi connectivity index (χ0) is 10.8. The highest BCUT2D eigenvalue weighted by Gasteiger charge is 2.25. The minimum absolute atomic E-state index is 0.274. The Morgan fingerprint density at radius 2 is 2.00 bits per heavy atom. The van der Waals surface area contributed by atoms with Gasteiger partial charge in [0, 0.05) is 0 Å². The summed E-state index contributed by atoms with van der Waals surface area (Å²) in [5.74, 6) is -0.928. The highest BCUT2D eigenvalue weighted by Crippen LogP contribution is 2.17. The molecule has 0 aliphatic carbocycles. The third-order valence-corrected chi connectivity index (χ3v) is 1.94. The van der Waals surface area contributed by atoms with Gasteiger partial charge in [-0.1, -0.05) is 12.1 Å². The highest BCUT2D eigenvalue weighted by atomic mass is 19.1. The van der Waals surface area contributed by atoms with Crippen molar-refractivity contribution in [1.82, 2.24) is 0 Å². The second-order valence-corrected chi connectivity index (χ2v) is 3.59. The number of primary amides is 1. The van der Waals surface area contributed by atoms with Crippen LogP contribution in [0.2, 0.25) is 0 Å². The Balaban J connectivity index is 2.89. The van der Waals surface area contributed by atoms with Gasteiger partial charge in [0.05, 0.1) is 5.69 Å². The van der Waals surface area contributed by atoms with Crippen molar-refractivity contribution in [3.8, 4) is 0 Å². The number of halogens is 1. The summed E-state index contributed by atoms with van der Waals surface area (Å²) in [5.41, 5.74) is 4.46. The number of rotatable bonds is 3. The maximum atomic E-state index is 13.2. The van der Waals surface area contributed by atoms with Crippen LogP contribution >= 0.6 is 0 Å². The first-order valence-corrected chi connectivity index (χ1v) is 4.26. The molecule has 0 aliphatic rings. The molecule has 0 atom stereocenters. The zero-order valence-electron chi connectivity index (χ0n) is 8.17. The van der Waals surface area contributed by atoms with Gasteiger partial charge in [0.15, 0.2) is 0 Å². The van der Waals surface area contributed by atoms with Crippen molar-refractivity contribution in [3.63, 3.8) is 0 Å². The van der Waals surface area contributed by atoms with Gasteiger partial charge in [-0.15, -0.1) is 0 Å². The van der Waals surface area contributed by atoms with Gasteiger partial charge >= 0.3 is 0 Å². The van der Waals surface area contributed by atoms with Crippen molar-refractivity contribution in [2.75, 3.05) is 5.32 Å². The molecular formula is C10H13FN2O. The van der Waals surface area contributed by atoms with E-state index in [0.717, 1.165) is 0 Å². The molecule has 0 saturated heterocycles. The number of hydrogen-bond donors (Lipinski definition) is 2. The average Bonchev–Trinajstić information content (AvgIpc) is 2.08. The van der Waals surface area contributed by atoms with E-state index in [0.29, 0.717) is 0 Å². The van der Waals surface area contributed by atoms with Gasteiger partial charge in [-0.3, -0.25) is 4.79 Å². The maximum absolute atomic E-state index is 13.2. The molecule has 0 fully saturated rings. The number of carbonyl (C=O) groups excluding carboxylic acids is 1. The van der Waals surface area contributed by atoms with E-state index >= 15 is 0 Å². The largest absolute Gasteiger partial charge is 0.369 e. The Hall–Kier alpha value is -1.58. The van der Waals surface area contributed by atoms with Crippen LogP contribution in [0.5, 0.6) is 0 Å². The molecule has 1 aromatic carbocycles. The van der Waals surface area contributed by atoms with E-state index in [9.17, 15) is 9.18 Å². The lowest BCUT2D eigenvalue weighted by molar-refractivity contribution is -0.121. The predicted octanol–water partition coefficient (Wildman–Crippen LogP) is 1.50. The van der Waals surface area contributed by atoms with Gasteiger partial charge in [0.1, 0.15) is 11.4 Å². The summed E-state index contributed by atoms with van der Waals surface area (Å²) in [5, 5.41) is 2.74. The van der Waals surface area contributed by atoms with Crippen LogP contribution in [0.25, 0.3) is 0 Å². The first kappa shape index (κ1) is 10.5. The smallest absolute Gasteiger partial charge is 0.242 e. The number of anilines is 1. The van der Waals surface area contributed by atoms with E-state index in [2.05, 4.69) is 5.32 Å². The predicted molar refractivity (Wildman–Crippen MR) is 53.3 cm³/mol. The monoisotopic (exact) mass is 196 g/mol.